The Morgan fingerprint density at radius 2 is 1.27 bits per heavy atom. The van der Waals surface area contributed by atoms with Crippen LogP contribution in [0.15, 0.2) is 0 Å². The molecule has 0 aromatic carbocycles. The summed E-state index contributed by atoms with van der Waals surface area (Å²) in [4.78, 5) is 0. The summed E-state index contributed by atoms with van der Waals surface area (Å²) < 4.78 is 2.67. The smallest absolute Gasteiger partial charge is 0.372 e. The van der Waals surface area contributed by atoms with Gasteiger partial charge in [-0.05, 0) is 13.1 Å². The van der Waals surface area contributed by atoms with Gasteiger partial charge in [-0.3, -0.25) is 0 Å². The fraction of sp³-hybridized carbons (Fsp3) is 1.00. The molecule has 0 heterocycles. The van der Waals surface area contributed by atoms with Crippen LogP contribution in [0.1, 0.15) is 27.7 Å². The Morgan fingerprint density at radius 1 is 0.909 bits per heavy atom. The highest BCUT2D eigenvalue weighted by Crippen LogP contribution is 2.03. The molecule has 0 aliphatic heterocycles. The molecule has 3 heteroatoms. The minimum absolute atomic E-state index is 0. The van der Waals surface area contributed by atoms with Crippen LogP contribution in [0.5, 0.6) is 0 Å². The molecule has 0 radical (unpaired) electrons. The third-order valence-electron chi connectivity index (χ3n) is 2.27. The van der Waals surface area contributed by atoms with E-state index in [2.05, 4.69) is 31.6 Å². The number of hydrogen-bond acceptors (Lipinski definition) is 1. The van der Waals surface area contributed by atoms with Gasteiger partial charge in [0.05, 0.1) is 0 Å². The summed E-state index contributed by atoms with van der Waals surface area (Å²) in [6, 6.07) is 0. The van der Waals surface area contributed by atoms with Gasteiger partial charge in [-0.1, -0.05) is 38.3 Å². The van der Waals surface area contributed by atoms with Crippen molar-refractivity contribution in [2.24, 2.45) is 0 Å². The Balaban J connectivity index is 0. The Hall–Kier alpha value is 0.782. The number of nitrogens with zero attached hydrogens (tertiary/aromatic N) is 1. The summed E-state index contributed by atoms with van der Waals surface area (Å²) in [6.07, 6.45) is 0. The summed E-state index contributed by atoms with van der Waals surface area (Å²) in [5, 5.41) is 2.86. The lowest BCUT2D eigenvalue weighted by Crippen LogP contribution is -2.37. The van der Waals surface area contributed by atoms with Crippen LogP contribution in [-0.2, 0) is 0 Å². The normalized spacial score (nSPS) is 9.55. The SMILES string of the molecule is CC[N](CC)[Al]([CH2]C)[CH2]C.Cl. The van der Waals surface area contributed by atoms with Gasteiger partial charge < -0.3 is 3.88 Å². The highest BCUT2D eigenvalue weighted by Gasteiger charge is 2.18. The molecule has 0 saturated carbocycles. The zero-order chi connectivity index (χ0) is 7.98. The summed E-state index contributed by atoms with van der Waals surface area (Å²) in [5.41, 5.74) is 0. The van der Waals surface area contributed by atoms with Crippen molar-refractivity contribution in [3.05, 3.63) is 0 Å². The standard InChI is InChI=1S/C4H10N.2C2H5.Al.ClH/c1-3-5-4-2;2*1-2;;/h3-4H2,1-2H3;2*1H2,2H3;;1H/q-1;;;+1;. The van der Waals surface area contributed by atoms with Crippen molar-refractivity contribution in [1.29, 1.82) is 0 Å². The van der Waals surface area contributed by atoms with E-state index in [-0.39, 0.29) is 12.4 Å². The van der Waals surface area contributed by atoms with E-state index < -0.39 is 14.4 Å². The third kappa shape index (κ3) is 5.09. The molecule has 0 bridgehead atoms. The second-order valence-corrected chi connectivity index (χ2v) is 6.36. The molecular formula is C8H21AlClN. The maximum absolute atomic E-state index is 2.67. The van der Waals surface area contributed by atoms with Crippen molar-refractivity contribution >= 4 is 26.8 Å². The van der Waals surface area contributed by atoms with Crippen molar-refractivity contribution in [2.75, 3.05) is 13.1 Å². The average Bonchev–Trinajstić information content (AvgIpc) is 2.00. The second kappa shape index (κ2) is 8.88. The quantitative estimate of drug-likeness (QED) is 0.607. The molecule has 0 saturated heterocycles. The van der Waals surface area contributed by atoms with Crippen LogP contribution in [0.2, 0.25) is 10.6 Å². The zero-order valence-electron chi connectivity index (χ0n) is 8.26. The molecule has 0 spiro atoms. The predicted molar refractivity (Wildman–Crippen MR) is 56.9 cm³/mol. The average molecular weight is 194 g/mol. The summed E-state index contributed by atoms with van der Waals surface area (Å²) in [6.45, 7) is 11.7. The fourth-order valence-electron chi connectivity index (χ4n) is 1.55. The Kier molecular flexibility index (Phi) is 11.5. The number of rotatable bonds is 5. The van der Waals surface area contributed by atoms with Crippen LogP contribution in [0.3, 0.4) is 0 Å². The molecule has 0 aliphatic carbocycles. The van der Waals surface area contributed by atoms with Crippen LogP contribution in [0, 0.1) is 0 Å². The Bertz CT molecular complexity index is 62.5. The molecule has 0 aliphatic rings. The molecule has 0 rings (SSSR count). The lowest BCUT2D eigenvalue weighted by Gasteiger charge is -2.23. The van der Waals surface area contributed by atoms with Gasteiger partial charge in [-0.15, -0.1) is 12.4 Å². The summed E-state index contributed by atoms with van der Waals surface area (Å²) in [7, 11) is 0. The van der Waals surface area contributed by atoms with Crippen LogP contribution in [-0.4, -0.2) is 31.3 Å². The van der Waals surface area contributed by atoms with E-state index in [1.165, 1.54) is 23.7 Å². The van der Waals surface area contributed by atoms with Crippen LogP contribution >= 0.6 is 12.4 Å². The van der Waals surface area contributed by atoms with Crippen molar-refractivity contribution in [3.8, 4) is 0 Å². The monoisotopic (exact) mass is 193 g/mol. The largest absolute Gasteiger partial charge is 0.385 e. The van der Waals surface area contributed by atoms with E-state index in [1.54, 1.807) is 0 Å². The first-order valence-electron chi connectivity index (χ1n) is 4.54. The van der Waals surface area contributed by atoms with E-state index >= 15 is 0 Å². The van der Waals surface area contributed by atoms with Gasteiger partial charge in [0.2, 0.25) is 0 Å². The molecule has 0 fully saturated rings. The van der Waals surface area contributed by atoms with Gasteiger partial charge in [0, 0.05) is 0 Å². The zero-order valence-corrected chi connectivity index (χ0v) is 10.2. The maximum atomic E-state index is 2.67. The molecule has 1 nitrogen and oxygen atoms in total. The molecule has 0 unspecified atom stereocenters. The summed E-state index contributed by atoms with van der Waals surface area (Å²) in [5.74, 6) is 0. The van der Waals surface area contributed by atoms with Gasteiger partial charge in [-0.25, -0.2) is 0 Å². The molecule has 0 aromatic heterocycles. The lowest BCUT2D eigenvalue weighted by molar-refractivity contribution is 0.476. The highest BCUT2D eigenvalue weighted by atomic mass is 35.5. The second-order valence-electron chi connectivity index (χ2n) is 2.69. The minimum Gasteiger partial charge on any atom is -0.385 e. The minimum atomic E-state index is -0.474. The maximum Gasteiger partial charge on any atom is 0.372 e. The van der Waals surface area contributed by atoms with Crippen molar-refractivity contribution < 1.29 is 0 Å². The first-order valence-corrected chi connectivity index (χ1v) is 6.68. The molecule has 0 amide bonds. The topological polar surface area (TPSA) is 3.24 Å². The van der Waals surface area contributed by atoms with Gasteiger partial charge in [0.15, 0.2) is 0 Å². The highest BCUT2D eigenvalue weighted by molar-refractivity contribution is 6.55. The van der Waals surface area contributed by atoms with Crippen molar-refractivity contribution in [1.82, 2.24) is 3.88 Å². The van der Waals surface area contributed by atoms with E-state index in [0.29, 0.717) is 0 Å². The van der Waals surface area contributed by atoms with Gasteiger partial charge in [-0.2, -0.15) is 0 Å². The first-order chi connectivity index (χ1) is 4.79. The lowest BCUT2D eigenvalue weighted by atomic mass is 10.7. The third-order valence-corrected chi connectivity index (χ3v) is 5.92. The van der Waals surface area contributed by atoms with E-state index in [1.807, 2.05) is 0 Å². The Labute approximate surface area is 82.2 Å². The molecule has 0 atom stereocenters. The fourth-order valence-corrected chi connectivity index (χ4v) is 4.19. The molecule has 0 N–H and O–H groups in total. The molecule has 11 heavy (non-hydrogen) atoms. The van der Waals surface area contributed by atoms with E-state index in [4.69, 9.17) is 0 Å². The van der Waals surface area contributed by atoms with Gasteiger partial charge in [0.1, 0.15) is 0 Å². The predicted octanol–water partition coefficient (Wildman–Crippen LogP) is 2.78. The molecular weight excluding hydrogens is 173 g/mol. The van der Waals surface area contributed by atoms with Crippen LogP contribution in [0.4, 0.5) is 0 Å². The van der Waals surface area contributed by atoms with Gasteiger partial charge in [0.25, 0.3) is 0 Å². The molecule has 68 valence electrons. The van der Waals surface area contributed by atoms with Crippen LogP contribution < -0.4 is 0 Å². The van der Waals surface area contributed by atoms with E-state index in [0.717, 1.165) is 0 Å². The van der Waals surface area contributed by atoms with Crippen LogP contribution in [0.25, 0.3) is 0 Å². The molecule has 0 aromatic rings. The van der Waals surface area contributed by atoms with E-state index in [9.17, 15) is 0 Å². The van der Waals surface area contributed by atoms with Gasteiger partial charge >= 0.3 is 14.4 Å². The Morgan fingerprint density at radius 3 is 1.36 bits per heavy atom. The van der Waals surface area contributed by atoms with Crippen molar-refractivity contribution in [2.45, 2.75) is 38.3 Å². The first kappa shape index (κ1) is 14.3. The summed E-state index contributed by atoms with van der Waals surface area (Å²) >= 11 is -0.474. The number of hydrogen-bond donors (Lipinski definition) is 0. The number of halogens is 1. The van der Waals surface area contributed by atoms with Crippen molar-refractivity contribution in [3.63, 3.8) is 0 Å².